The van der Waals surface area contributed by atoms with Crippen molar-refractivity contribution in [3.05, 3.63) is 14.7 Å². The van der Waals surface area contributed by atoms with Crippen LogP contribution in [0.4, 0.5) is 0 Å². The fraction of sp³-hybridized carbons (Fsp3) is 0.692. The summed E-state index contributed by atoms with van der Waals surface area (Å²) < 4.78 is 27.9. The van der Waals surface area contributed by atoms with Crippen molar-refractivity contribution in [2.75, 3.05) is 6.54 Å². The van der Waals surface area contributed by atoms with E-state index in [1.807, 2.05) is 0 Å². The number of rotatable bonds is 8. The molecule has 20 heavy (non-hydrogen) atoms. The van der Waals surface area contributed by atoms with E-state index < -0.39 is 10.0 Å². The first-order chi connectivity index (χ1) is 9.54. The first-order valence-electron chi connectivity index (χ1n) is 7.06. The number of hydrogen-bond acceptors (Lipinski definition) is 4. The molecule has 2 saturated carbocycles. The van der Waals surface area contributed by atoms with E-state index in [1.165, 1.54) is 37.0 Å². The molecule has 0 amide bonds. The van der Waals surface area contributed by atoms with Crippen LogP contribution in [0, 0.1) is 5.92 Å². The number of hydrogen-bond donors (Lipinski definition) is 2. The Morgan fingerprint density at radius 1 is 1.30 bits per heavy atom. The van der Waals surface area contributed by atoms with Crippen molar-refractivity contribution in [2.45, 2.75) is 49.6 Å². The SMILES string of the molecule is O=S(=O)(NCCC1CC1)c1cc(CNC2CC2)sc1Br. The molecule has 3 rings (SSSR count). The minimum atomic E-state index is -3.38. The van der Waals surface area contributed by atoms with Gasteiger partial charge in [-0.15, -0.1) is 11.3 Å². The summed E-state index contributed by atoms with van der Waals surface area (Å²) in [5.41, 5.74) is 0. The van der Waals surface area contributed by atoms with Crippen molar-refractivity contribution in [1.82, 2.24) is 10.0 Å². The number of sulfonamides is 1. The maximum absolute atomic E-state index is 12.3. The summed E-state index contributed by atoms with van der Waals surface area (Å²) in [5, 5.41) is 3.41. The van der Waals surface area contributed by atoms with Crippen molar-refractivity contribution in [2.24, 2.45) is 5.92 Å². The Morgan fingerprint density at radius 3 is 2.70 bits per heavy atom. The van der Waals surface area contributed by atoms with Crippen LogP contribution >= 0.6 is 27.3 Å². The van der Waals surface area contributed by atoms with Gasteiger partial charge in [-0.1, -0.05) is 12.8 Å². The normalized spacial score (nSPS) is 19.4. The molecule has 1 aromatic rings. The van der Waals surface area contributed by atoms with Crippen molar-refractivity contribution in [1.29, 1.82) is 0 Å². The van der Waals surface area contributed by atoms with Gasteiger partial charge in [0.1, 0.15) is 4.90 Å². The lowest BCUT2D eigenvalue weighted by atomic mass is 10.3. The fourth-order valence-corrected chi connectivity index (χ4v) is 5.76. The predicted molar refractivity (Wildman–Crippen MR) is 84.4 cm³/mol. The maximum atomic E-state index is 12.3. The summed E-state index contributed by atoms with van der Waals surface area (Å²) in [7, 11) is -3.38. The first-order valence-corrected chi connectivity index (χ1v) is 10.1. The van der Waals surface area contributed by atoms with Gasteiger partial charge in [0, 0.05) is 24.0 Å². The molecule has 1 aromatic heterocycles. The standard InChI is InChI=1S/C13H19BrN2O2S2/c14-13-12(7-11(19-13)8-15-10-3-4-10)20(17,18)16-6-5-9-1-2-9/h7,9-10,15-16H,1-6,8H2. The van der Waals surface area contributed by atoms with E-state index in [1.54, 1.807) is 6.07 Å². The summed E-state index contributed by atoms with van der Waals surface area (Å²) in [6, 6.07) is 2.41. The number of nitrogens with one attached hydrogen (secondary N) is 2. The Hall–Kier alpha value is 0.0500. The van der Waals surface area contributed by atoms with Crippen molar-refractivity contribution in [3.63, 3.8) is 0 Å². The van der Waals surface area contributed by atoms with Crippen LogP contribution in [0.15, 0.2) is 14.7 Å². The van der Waals surface area contributed by atoms with Gasteiger partial charge in [-0.2, -0.15) is 0 Å². The number of thiophene rings is 1. The molecule has 0 saturated heterocycles. The molecule has 0 aliphatic heterocycles. The van der Waals surface area contributed by atoms with E-state index in [-0.39, 0.29) is 0 Å². The predicted octanol–water partition coefficient (Wildman–Crippen LogP) is 2.84. The van der Waals surface area contributed by atoms with Crippen LogP contribution < -0.4 is 10.0 Å². The van der Waals surface area contributed by atoms with Crippen LogP contribution in [-0.4, -0.2) is 21.0 Å². The molecule has 0 atom stereocenters. The maximum Gasteiger partial charge on any atom is 0.242 e. The Labute approximate surface area is 132 Å². The quantitative estimate of drug-likeness (QED) is 0.730. The zero-order chi connectivity index (χ0) is 14.2. The average Bonchev–Trinajstić information content (AvgIpc) is 3.27. The molecule has 2 aliphatic rings. The molecule has 2 aliphatic carbocycles. The molecule has 0 bridgehead atoms. The zero-order valence-electron chi connectivity index (χ0n) is 11.2. The summed E-state index contributed by atoms with van der Waals surface area (Å²) in [6.45, 7) is 1.30. The molecule has 1 heterocycles. The fourth-order valence-electron chi connectivity index (χ4n) is 2.08. The number of halogens is 1. The molecule has 0 unspecified atom stereocenters. The molecule has 0 aromatic carbocycles. The van der Waals surface area contributed by atoms with E-state index >= 15 is 0 Å². The molecule has 7 heteroatoms. The van der Waals surface area contributed by atoms with E-state index in [9.17, 15) is 8.42 Å². The highest BCUT2D eigenvalue weighted by atomic mass is 79.9. The smallest absolute Gasteiger partial charge is 0.242 e. The molecule has 112 valence electrons. The van der Waals surface area contributed by atoms with Crippen molar-refractivity contribution >= 4 is 37.3 Å². The van der Waals surface area contributed by atoms with Gasteiger partial charge in [0.25, 0.3) is 0 Å². The van der Waals surface area contributed by atoms with Crippen molar-refractivity contribution < 1.29 is 8.42 Å². The molecule has 0 spiro atoms. The van der Waals surface area contributed by atoms with Gasteiger partial charge < -0.3 is 5.32 Å². The molecule has 0 radical (unpaired) electrons. The topological polar surface area (TPSA) is 58.2 Å². The van der Waals surface area contributed by atoms with E-state index in [0.29, 0.717) is 21.3 Å². The second-order valence-corrected chi connectivity index (χ2v) is 9.83. The van der Waals surface area contributed by atoms with Crippen LogP contribution in [0.1, 0.15) is 37.0 Å². The van der Waals surface area contributed by atoms with Gasteiger partial charge in [-0.3, -0.25) is 0 Å². The van der Waals surface area contributed by atoms with Gasteiger partial charge in [-0.25, -0.2) is 13.1 Å². The molecule has 2 fully saturated rings. The van der Waals surface area contributed by atoms with Crippen LogP contribution in [0.25, 0.3) is 0 Å². The van der Waals surface area contributed by atoms with Crippen LogP contribution in [-0.2, 0) is 16.6 Å². The molecular formula is C13H19BrN2O2S2. The minimum Gasteiger partial charge on any atom is -0.309 e. The third kappa shape index (κ3) is 4.04. The van der Waals surface area contributed by atoms with E-state index in [0.717, 1.165) is 23.8 Å². The minimum absolute atomic E-state index is 0.380. The summed E-state index contributed by atoms with van der Waals surface area (Å²) >= 11 is 4.88. The second kappa shape index (κ2) is 6.04. The Morgan fingerprint density at radius 2 is 2.05 bits per heavy atom. The third-order valence-electron chi connectivity index (χ3n) is 3.68. The van der Waals surface area contributed by atoms with Crippen molar-refractivity contribution in [3.8, 4) is 0 Å². The van der Waals surface area contributed by atoms with Gasteiger partial charge in [-0.05, 0) is 47.2 Å². The lowest BCUT2D eigenvalue weighted by Crippen LogP contribution is -2.25. The Bertz CT molecular complexity index is 577. The second-order valence-electron chi connectivity index (χ2n) is 5.64. The summed E-state index contributed by atoms with van der Waals surface area (Å²) in [6.07, 6.45) is 5.93. The third-order valence-corrected chi connectivity index (χ3v) is 7.39. The highest BCUT2D eigenvalue weighted by Crippen LogP contribution is 2.33. The van der Waals surface area contributed by atoms with Crippen LogP contribution in [0.2, 0.25) is 0 Å². The van der Waals surface area contributed by atoms with E-state index in [4.69, 9.17) is 0 Å². The highest BCUT2D eigenvalue weighted by Gasteiger charge is 2.25. The van der Waals surface area contributed by atoms with Gasteiger partial charge in [0.05, 0.1) is 3.79 Å². The average molecular weight is 379 g/mol. The lowest BCUT2D eigenvalue weighted by Gasteiger charge is -2.04. The highest BCUT2D eigenvalue weighted by molar-refractivity contribution is 9.11. The summed E-state index contributed by atoms with van der Waals surface area (Å²) in [5.74, 6) is 0.738. The zero-order valence-corrected chi connectivity index (χ0v) is 14.4. The van der Waals surface area contributed by atoms with Gasteiger partial charge in [0.15, 0.2) is 0 Å². The first kappa shape index (κ1) is 15.0. The van der Waals surface area contributed by atoms with Crippen LogP contribution in [0.5, 0.6) is 0 Å². The van der Waals surface area contributed by atoms with Gasteiger partial charge in [0.2, 0.25) is 10.0 Å². The Kier molecular flexibility index (Phi) is 4.52. The largest absolute Gasteiger partial charge is 0.309 e. The molecule has 4 nitrogen and oxygen atoms in total. The molecular weight excluding hydrogens is 360 g/mol. The lowest BCUT2D eigenvalue weighted by molar-refractivity contribution is 0.575. The molecule has 2 N–H and O–H groups in total. The van der Waals surface area contributed by atoms with Crippen LogP contribution in [0.3, 0.4) is 0 Å². The monoisotopic (exact) mass is 378 g/mol. The van der Waals surface area contributed by atoms with E-state index in [2.05, 4.69) is 26.0 Å². The summed E-state index contributed by atoms with van der Waals surface area (Å²) in [4.78, 5) is 1.44. The van der Waals surface area contributed by atoms with Gasteiger partial charge >= 0.3 is 0 Å². The Balaban J connectivity index is 1.60.